The molecule has 0 spiro atoms. The molecule has 0 unspecified atom stereocenters. The van der Waals surface area contributed by atoms with Crippen LogP contribution >= 0.6 is 21.7 Å². The Balaban J connectivity index is 2.58. The van der Waals surface area contributed by atoms with Gasteiger partial charge in [0, 0.05) is 17.6 Å². The van der Waals surface area contributed by atoms with E-state index in [0.717, 1.165) is 10.6 Å². The number of carbonyl (C=O) groups excluding carboxylic acids is 1. The maximum absolute atomic E-state index is 11.3. The van der Waals surface area contributed by atoms with Crippen LogP contribution in [0.5, 0.6) is 0 Å². The molecular formula is C11H14ClNO2S. The Kier molecular flexibility index (Phi) is 5.49. The molecule has 0 atom stereocenters. The second-order valence-corrected chi connectivity index (χ2v) is 4.32. The topological polar surface area (TPSA) is 29.5 Å². The number of anilines is 1. The number of nitrogens with zero attached hydrogens (tertiary/aromatic N) is 1. The molecule has 0 aromatic heterocycles. The normalized spacial score (nSPS) is 9.94. The first kappa shape index (κ1) is 13.2. The van der Waals surface area contributed by atoms with E-state index < -0.39 is 0 Å². The van der Waals surface area contributed by atoms with Crippen LogP contribution in [0.4, 0.5) is 5.69 Å². The van der Waals surface area contributed by atoms with Crippen LogP contribution in [0.25, 0.3) is 0 Å². The molecule has 0 radical (unpaired) electrons. The van der Waals surface area contributed by atoms with Gasteiger partial charge in [-0.25, -0.2) is 0 Å². The second kappa shape index (κ2) is 6.66. The van der Waals surface area contributed by atoms with E-state index in [1.807, 2.05) is 36.2 Å². The minimum atomic E-state index is -0.221. The van der Waals surface area contributed by atoms with Gasteiger partial charge < -0.3 is 9.64 Å². The lowest BCUT2D eigenvalue weighted by Gasteiger charge is -2.18. The van der Waals surface area contributed by atoms with E-state index in [9.17, 15) is 4.79 Å². The molecule has 0 bridgehead atoms. The van der Waals surface area contributed by atoms with Gasteiger partial charge in [0.1, 0.15) is 6.54 Å². The number of esters is 1. The fourth-order valence-electron chi connectivity index (χ4n) is 1.24. The van der Waals surface area contributed by atoms with Gasteiger partial charge in [-0.3, -0.25) is 4.79 Å². The minimum absolute atomic E-state index is 0.221. The summed E-state index contributed by atoms with van der Waals surface area (Å²) in [6.07, 6.45) is 0. The fraction of sp³-hybridized carbons (Fsp3) is 0.364. The van der Waals surface area contributed by atoms with E-state index in [2.05, 4.69) is 0 Å². The molecule has 0 amide bonds. The Morgan fingerprint density at radius 2 is 2.06 bits per heavy atom. The van der Waals surface area contributed by atoms with Crippen LogP contribution in [0.1, 0.15) is 6.92 Å². The summed E-state index contributed by atoms with van der Waals surface area (Å²) in [6.45, 7) is 2.46. The van der Waals surface area contributed by atoms with E-state index in [0.29, 0.717) is 6.61 Å². The average molecular weight is 260 g/mol. The second-order valence-electron chi connectivity index (χ2n) is 3.23. The maximum atomic E-state index is 11.3. The van der Waals surface area contributed by atoms with Crippen LogP contribution in [0, 0.1) is 0 Å². The fourth-order valence-corrected chi connectivity index (χ4v) is 1.79. The third-order valence-electron chi connectivity index (χ3n) is 2.04. The standard InChI is InChI=1S/C11H14ClNO2S/c1-3-15-11(14)8-13(2)9-4-6-10(16-12)7-5-9/h4-7H,3,8H2,1-2H3. The molecule has 0 N–H and O–H groups in total. The number of halogens is 1. The summed E-state index contributed by atoms with van der Waals surface area (Å²) in [5.41, 5.74) is 0.961. The van der Waals surface area contributed by atoms with E-state index >= 15 is 0 Å². The predicted octanol–water partition coefficient (Wildman–Crippen LogP) is 2.93. The van der Waals surface area contributed by atoms with E-state index in [1.54, 1.807) is 6.92 Å². The molecule has 0 heterocycles. The van der Waals surface area contributed by atoms with Gasteiger partial charge in [0.15, 0.2) is 0 Å². The lowest BCUT2D eigenvalue weighted by molar-refractivity contribution is -0.141. The number of hydrogen-bond acceptors (Lipinski definition) is 4. The van der Waals surface area contributed by atoms with Gasteiger partial charge in [-0.2, -0.15) is 0 Å². The lowest BCUT2D eigenvalue weighted by atomic mass is 10.3. The van der Waals surface area contributed by atoms with Crippen molar-refractivity contribution in [1.82, 2.24) is 0 Å². The smallest absolute Gasteiger partial charge is 0.325 e. The van der Waals surface area contributed by atoms with Crippen molar-refractivity contribution in [1.29, 1.82) is 0 Å². The molecule has 1 aromatic rings. The highest BCUT2D eigenvalue weighted by atomic mass is 35.7. The van der Waals surface area contributed by atoms with E-state index in [-0.39, 0.29) is 12.5 Å². The van der Waals surface area contributed by atoms with Crippen LogP contribution < -0.4 is 4.90 Å². The van der Waals surface area contributed by atoms with Gasteiger partial charge in [0.2, 0.25) is 0 Å². The highest BCUT2D eigenvalue weighted by Gasteiger charge is 2.07. The lowest BCUT2D eigenvalue weighted by Crippen LogP contribution is -2.26. The summed E-state index contributed by atoms with van der Waals surface area (Å²) < 4.78 is 4.87. The van der Waals surface area contributed by atoms with Crippen LogP contribution in [-0.2, 0) is 9.53 Å². The highest BCUT2D eigenvalue weighted by Crippen LogP contribution is 2.24. The molecule has 1 aromatic carbocycles. The Hall–Kier alpha value is -0.870. The SMILES string of the molecule is CCOC(=O)CN(C)c1ccc(SCl)cc1. The van der Waals surface area contributed by atoms with Crippen molar-refractivity contribution >= 4 is 33.3 Å². The monoisotopic (exact) mass is 259 g/mol. The Morgan fingerprint density at radius 3 is 2.56 bits per heavy atom. The zero-order valence-corrected chi connectivity index (χ0v) is 10.8. The summed E-state index contributed by atoms with van der Waals surface area (Å²) in [5.74, 6) is -0.221. The largest absolute Gasteiger partial charge is 0.465 e. The van der Waals surface area contributed by atoms with Crippen molar-refractivity contribution in [2.24, 2.45) is 0 Å². The van der Waals surface area contributed by atoms with Crippen LogP contribution in [0.2, 0.25) is 0 Å². The van der Waals surface area contributed by atoms with E-state index in [4.69, 9.17) is 15.4 Å². The molecule has 3 nitrogen and oxygen atoms in total. The summed E-state index contributed by atoms with van der Waals surface area (Å²) in [4.78, 5) is 14.1. The first-order valence-corrected chi connectivity index (χ1v) is 6.57. The number of carbonyl (C=O) groups is 1. The van der Waals surface area contributed by atoms with Crippen molar-refractivity contribution in [2.75, 3.05) is 25.1 Å². The van der Waals surface area contributed by atoms with Crippen molar-refractivity contribution in [3.63, 3.8) is 0 Å². The number of likely N-dealkylation sites (N-methyl/N-ethyl adjacent to an activating group) is 1. The minimum Gasteiger partial charge on any atom is -0.465 e. The Labute approximate surface area is 104 Å². The van der Waals surface area contributed by atoms with E-state index in [1.165, 1.54) is 11.0 Å². The van der Waals surface area contributed by atoms with Crippen molar-refractivity contribution in [3.8, 4) is 0 Å². The van der Waals surface area contributed by atoms with Gasteiger partial charge in [0.05, 0.1) is 6.61 Å². The number of ether oxygens (including phenoxy) is 1. The first-order chi connectivity index (χ1) is 7.67. The van der Waals surface area contributed by atoms with Gasteiger partial charge in [0.25, 0.3) is 0 Å². The summed E-state index contributed by atoms with van der Waals surface area (Å²) in [6, 6.07) is 7.66. The number of benzene rings is 1. The average Bonchev–Trinajstić information content (AvgIpc) is 2.29. The van der Waals surface area contributed by atoms with Gasteiger partial charge in [-0.15, -0.1) is 0 Å². The van der Waals surface area contributed by atoms with Crippen molar-refractivity contribution < 1.29 is 9.53 Å². The van der Waals surface area contributed by atoms with Crippen LogP contribution in [0.3, 0.4) is 0 Å². The van der Waals surface area contributed by atoms with Crippen molar-refractivity contribution in [2.45, 2.75) is 11.8 Å². The molecular weight excluding hydrogens is 246 g/mol. The quantitative estimate of drug-likeness (QED) is 0.761. The van der Waals surface area contributed by atoms with Crippen LogP contribution in [0.15, 0.2) is 29.2 Å². The maximum Gasteiger partial charge on any atom is 0.325 e. The summed E-state index contributed by atoms with van der Waals surface area (Å²) in [5, 5.41) is 0. The molecule has 0 aliphatic heterocycles. The van der Waals surface area contributed by atoms with Crippen LogP contribution in [-0.4, -0.2) is 26.2 Å². The Morgan fingerprint density at radius 1 is 1.44 bits per heavy atom. The molecule has 0 aliphatic carbocycles. The number of hydrogen-bond donors (Lipinski definition) is 0. The molecule has 0 fully saturated rings. The Bertz CT molecular complexity index is 342. The molecule has 16 heavy (non-hydrogen) atoms. The summed E-state index contributed by atoms with van der Waals surface area (Å²) >= 11 is 0. The molecule has 1 rings (SSSR count). The molecule has 5 heteroatoms. The number of rotatable bonds is 5. The molecule has 0 aliphatic rings. The first-order valence-electron chi connectivity index (χ1n) is 4.92. The molecule has 88 valence electrons. The third-order valence-corrected chi connectivity index (χ3v) is 3.02. The molecule has 0 saturated carbocycles. The highest BCUT2D eigenvalue weighted by molar-refractivity contribution is 8.21. The van der Waals surface area contributed by atoms with Gasteiger partial charge >= 0.3 is 5.97 Å². The predicted molar refractivity (Wildman–Crippen MR) is 68.1 cm³/mol. The third kappa shape index (κ3) is 3.94. The van der Waals surface area contributed by atoms with Crippen molar-refractivity contribution in [3.05, 3.63) is 24.3 Å². The zero-order chi connectivity index (χ0) is 12.0. The summed E-state index contributed by atoms with van der Waals surface area (Å²) in [7, 11) is 8.63. The zero-order valence-electron chi connectivity index (χ0n) is 9.27. The van der Waals surface area contributed by atoms with Gasteiger partial charge in [-0.05, 0) is 52.8 Å². The molecule has 0 saturated heterocycles. The van der Waals surface area contributed by atoms with Gasteiger partial charge in [-0.1, -0.05) is 0 Å².